The molecule has 0 fully saturated rings. The highest BCUT2D eigenvalue weighted by Crippen LogP contribution is 2.28. The molecule has 0 aliphatic rings. The van der Waals surface area contributed by atoms with Crippen molar-refractivity contribution in [3.8, 4) is 0 Å². The minimum atomic E-state index is -0.547. The van der Waals surface area contributed by atoms with Gasteiger partial charge in [-0.3, -0.25) is 14.9 Å². The first-order chi connectivity index (χ1) is 9.88. The molecule has 6 nitrogen and oxygen atoms in total. The number of halogens is 1. The Hall–Kier alpha value is -2.41. The lowest BCUT2D eigenvalue weighted by Crippen LogP contribution is -2.13. The van der Waals surface area contributed by atoms with Crippen molar-refractivity contribution < 1.29 is 9.72 Å². The molecule has 0 aromatic heterocycles. The Morgan fingerprint density at radius 2 is 2.00 bits per heavy atom. The molecule has 7 heteroatoms. The summed E-state index contributed by atoms with van der Waals surface area (Å²) in [5, 5.41) is 13.5. The van der Waals surface area contributed by atoms with E-state index >= 15 is 0 Å². The van der Waals surface area contributed by atoms with Crippen LogP contribution in [0.3, 0.4) is 0 Å². The van der Waals surface area contributed by atoms with Crippen LogP contribution in [0.2, 0.25) is 0 Å². The molecule has 0 saturated heterocycles. The lowest BCUT2D eigenvalue weighted by atomic mass is 10.1. The van der Waals surface area contributed by atoms with Crippen LogP contribution in [0.15, 0.2) is 40.9 Å². The van der Waals surface area contributed by atoms with E-state index in [9.17, 15) is 14.9 Å². The Morgan fingerprint density at radius 3 is 2.62 bits per heavy atom. The highest BCUT2D eigenvalue weighted by atomic mass is 79.9. The zero-order valence-electron chi connectivity index (χ0n) is 11.1. The van der Waals surface area contributed by atoms with Gasteiger partial charge in [0, 0.05) is 21.8 Å². The Balaban J connectivity index is 2.31. The Morgan fingerprint density at radius 1 is 1.29 bits per heavy atom. The van der Waals surface area contributed by atoms with Gasteiger partial charge in [-0.1, -0.05) is 15.9 Å². The van der Waals surface area contributed by atoms with Crippen molar-refractivity contribution in [2.45, 2.75) is 6.92 Å². The summed E-state index contributed by atoms with van der Waals surface area (Å²) in [6, 6.07) is 9.27. The maximum Gasteiger partial charge on any atom is 0.293 e. The average Bonchev–Trinajstić information content (AvgIpc) is 2.43. The summed E-state index contributed by atoms with van der Waals surface area (Å²) in [4.78, 5) is 22.6. The van der Waals surface area contributed by atoms with E-state index in [1.165, 1.54) is 12.1 Å². The number of benzene rings is 2. The van der Waals surface area contributed by atoms with Gasteiger partial charge in [0.25, 0.3) is 11.6 Å². The minimum absolute atomic E-state index is 0.141. The number of hydrogen-bond donors (Lipinski definition) is 2. The second kappa shape index (κ2) is 5.92. The van der Waals surface area contributed by atoms with Crippen molar-refractivity contribution >= 4 is 38.9 Å². The van der Waals surface area contributed by atoms with Crippen LogP contribution in [0.1, 0.15) is 15.9 Å². The van der Waals surface area contributed by atoms with E-state index in [0.29, 0.717) is 15.7 Å². The number of nitrogens with one attached hydrogen (secondary N) is 1. The fraction of sp³-hybridized carbons (Fsp3) is 0.0714. The summed E-state index contributed by atoms with van der Waals surface area (Å²) in [5.74, 6) is -0.427. The Labute approximate surface area is 129 Å². The molecule has 2 aromatic rings. The number of carbonyl (C=O) groups is 1. The quantitative estimate of drug-likeness (QED) is 0.503. The Bertz CT molecular complexity index is 731. The SMILES string of the molecule is Cc1cc(C(=O)Nc2ccc(Br)cc2[N+](=O)[O-])ccc1N. The van der Waals surface area contributed by atoms with Gasteiger partial charge in [0.15, 0.2) is 0 Å². The molecule has 0 radical (unpaired) electrons. The van der Waals surface area contributed by atoms with Crippen LogP contribution in [-0.4, -0.2) is 10.8 Å². The number of aryl methyl sites for hydroxylation is 1. The van der Waals surface area contributed by atoms with E-state index in [1.54, 1.807) is 31.2 Å². The molecule has 0 aliphatic heterocycles. The normalized spacial score (nSPS) is 10.2. The van der Waals surface area contributed by atoms with Crippen molar-refractivity contribution in [2.75, 3.05) is 11.1 Å². The standard InChI is InChI=1S/C14H12BrN3O3/c1-8-6-9(2-4-11(8)16)14(19)17-12-5-3-10(15)7-13(12)18(20)21/h2-7H,16H2,1H3,(H,17,19). The van der Waals surface area contributed by atoms with Crippen LogP contribution in [0.4, 0.5) is 17.1 Å². The number of nitrogens with zero attached hydrogens (tertiary/aromatic N) is 1. The summed E-state index contributed by atoms with van der Waals surface area (Å²) in [7, 11) is 0. The lowest BCUT2D eigenvalue weighted by molar-refractivity contribution is -0.384. The van der Waals surface area contributed by atoms with Crippen LogP contribution >= 0.6 is 15.9 Å². The molecule has 21 heavy (non-hydrogen) atoms. The van der Waals surface area contributed by atoms with Crippen molar-refractivity contribution in [3.05, 3.63) is 62.1 Å². The van der Waals surface area contributed by atoms with Crippen LogP contribution in [0.25, 0.3) is 0 Å². The monoisotopic (exact) mass is 349 g/mol. The molecule has 0 aliphatic carbocycles. The molecule has 108 valence electrons. The lowest BCUT2D eigenvalue weighted by Gasteiger charge is -2.08. The molecule has 2 rings (SSSR count). The van der Waals surface area contributed by atoms with Crippen LogP contribution in [0.5, 0.6) is 0 Å². The summed E-state index contributed by atoms with van der Waals surface area (Å²) in [6.07, 6.45) is 0. The number of nitro groups is 1. The number of nitrogen functional groups attached to an aromatic ring is 1. The fourth-order valence-electron chi connectivity index (χ4n) is 1.77. The minimum Gasteiger partial charge on any atom is -0.399 e. The van der Waals surface area contributed by atoms with Crippen molar-refractivity contribution in [1.82, 2.24) is 0 Å². The van der Waals surface area contributed by atoms with Gasteiger partial charge in [-0.15, -0.1) is 0 Å². The van der Waals surface area contributed by atoms with Crippen molar-refractivity contribution in [1.29, 1.82) is 0 Å². The van der Waals surface area contributed by atoms with Gasteiger partial charge in [0.2, 0.25) is 0 Å². The number of nitrogens with two attached hydrogens (primary N) is 1. The zero-order valence-corrected chi connectivity index (χ0v) is 12.7. The molecular formula is C14H12BrN3O3. The van der Waals surface area contributed by atoms with E-state index in [2.05, 4.69) is 21.2 Å². The summed E-state index contributed by atoms with van der Waals surface area (Å²) in [6.45, 7) is 1.79. The first-order valence-electron chi connectivity index (χ1n) is 6.00. The first kappa shape index (κ1) is 15.0. The third-order valence-corrected chi connectivity index (χ3v) is 3.43. The van der Waals surface area contributed by atoms with E-state index in [-0.39, 0.29) is 11.4 Å². The molecule has 0 saturated carbocycles. The predicted molar refractivity (Wildman–Crippen MR) is 84.3 cm³/mol. The second-order valence-corrected chi connectivity index (χ2v) is 5.36. The maximum absolute atomic E-state index is 12.2. The number of carbonyl (C=O) groups excluding carboxylic acids is 1. The third-order valence-electron chi connectivity index (χ3n) is 2.94. The summed E-state index contributed by atoms with van der Waals surface area (Å²) >= 11 is 3.16. The van der Waals surface area contributed by atoms with E-state index in [4.69, 9.17) is 5.73 Å². The van der Waals surface area contributed by atoms with Crippen LogP contribution in [-0.2, 0) is 0 Å². The van der Waals surface area contributed by atoms with Gasteiger partial charge in [-0.05, 0) is 42.8 Å². The molecular weight excluding hydrogens is 338 g/mol. The van der Waals surface area contributed by atoms with E-state index < -0.39 is 10.8 Å². The fourth-order valence-corrected chi connectivity index (χ4v) is 2.12. The number of amides is 1. The molecule has 3 N–H and O–H groups in total. The number of anilines is 2. The largest absolute Gasteiger partial charge is 0.399 e. The summed E-state index contributed by atoms with van der Waals surface area (Å²) in [5.41, 5.74) is 7.40. The highest BCUT2D eigenvalue weighted by molar-refractivity contribution is 9.10. The maximum atomic E-state index is 12.2. The molecule has 0 heterocycles. The van der Waals surface area contributed by atoms with E-state index in [0.717, 1.165) is 5.56 Å². The number of rotatable bonds is 3. The zero-order chi connectivity index (χ0) is 15.6. The molecule has 0 bridgehead atoms. The summed E-state index contributed by atoms with van der Waals surface area (Å²) < 4.78 is 0.565. The number of nitro benzene ring substituents is 1. The topological polar surface area (TPSA) is 98.3 Å². The first-order valence-corrected chi connectivity index (χ1v) is 6.79. The Kier molecular flexibility index (Phi) is 4.23. The molecule has 0 spiro atoms. The van der Waals surface area contributed by atoms with Crippen molar-refractivity contribution in [3.63, 3.8) is 0 Å². The van der Waals surface area contributed by atoms with Gasteiger partial charge in [0.1, 0.15) is 5.69 Å². The molecule has 1 amide bonds. The van der Waals surface area contributed by atoms with Crippen molar-refractivity contribution in [2.24, 2.45) is 0 Å². The average molecular weight is 350 g/mol. The predicted octanol–water partition coefficient (Wildman–Crippen LogP) is 3.50. The van der Waals surface area contributed by atoms with E-state index in [1.807, 2.05) is 0 Å². The molecule has 0 unspecified atom stereocenters. The molecule has 2 aromatic carbocycles. The van der Waals surface area contributed by atoms with Gasteiger partial charge >= 0.3 is 0 Å². The van der Waals surface area contributed by atoms with Gasteiger partial charge in [0.05, 0.1) is 4.92 Å². The smallest absolute Gasteiger partial charge is 0.293 e. The van der Waals surface area contributed by atoms with Gasteiger partial charge in [-0.25, -0.2) is 0 Å². The van der Waals surface area contributed by atoms with Crippen LogP contribution < -0.4 is 11.1 Å². The van der Waals surface area contributed by atoms with Crippen LogP contribution in [0, 0.1) is 17.0 Å². The van der Waals surface area contributed by atoms with Gasteiger partial charge < -0.3 is 11.1 Å². The second-order valence-electron chi connectivity index (χ2n) is 4.44. The number of hydrogen-bond acceptors (Lipinski definition) is 4. The highest BCUT2D eigenvalue weighted by Gasteiger charge is 2.17. The molecule has 0 atom stereocenters. The third kappa shape index (κ3) is 3.38. The van der Waals surface area contributed by atoms with Gasteiger partial charge in [-0.2, -0.15) is 0 Å².